The quantitative estimate of drug-likeness (QED) is 0.573. The minimum absolute atomic E-state index is 0.0439. The summed E-state index contributed by atoms with van der Waals surface area (Å²) in [6.45, 7) is 13.2. The van der Waals surface area contributed by atoms with Crippen LogP contribution in [0, 0.1) is 11.8 Å². The minimum atomic E-state index is 0.0439. The molecule has 0 spiro atoms. The summed E-state index contributed by atoms with van der Waals surface area (Å²) < 4.78 is 0. The monoisotopic (exact) mass is 180 g/mol. The van der Waals surface area contributed by atoms with E-state index in [1.54, 1.807) is 6.92 Å². The van der Waals surface area contributed by atoms with Crippen LogP contribution in [0.15, 0.2) is 24.8 Å². The van der Waals surface area contributed by atoms with Gasteiger partial charge in [-0.1, -0.05) is 25.2 Å². The summed E-state index contributed by atoms with van der Waals surface area (Å²) >= 11 is 0. The summed E-state index contributed by atoms with van der Waals surface area (Å²) in [6.07, 6.45) is 3.84. The fourth-order valence-corrected chi connectivity index (χ4v) is 1.34. The average Bonchev–Trinajstić information content (AvgIpc) is 2.03. The zero-order valence-corrected chi connectivity index (χ0v) is 8.97. The number of rotatable bonds is 6. The van der Waals surface area contributed by atoms with Crippen molar-refractivity contribution in [2.24, 2.45) is 11.8 Å². The molecule has 0 rings (SSSR count). The molecule has 0 radical (unpaired) electrons. The van der Waals surface area contributed by atoms with Crippen LogP contribution in [0.2, 0.25) is 0 Å². The van der Waals surface area contributed by atoms with Gasteiger partial charge in [0.1, 0.15) is 5.78 Å². The van der Waals surface area contributed by atoms with E-state index in [2.05, 4.69) is 20.1 Å². The van der Waals surface area contributed by atoms with E-state index in [4.69, 9.17) is 0 Å². The Kier molecular flexibility index (Phi) is 5.36. The molecule has 0 N–H and O–H groups in total. The Morgan fingerprint density at radius 1 is 1.38 bits per heavy atom. The van der Waals surface area contributed by atoms with Crippen LogP contribution in [0.4, 0.5) is 0 Å². The van der Waals surface area contributed by atoms with Crippen molar-refractivity contribution in [2.45, 2.75) is 33.6 Å². The van der Waals surface area contributed by atoms with Crippen molar-refractivity contribution in [3.8, 4) is 0 Å². The Bertz CT molecular complexity index is 189. The van der Waals surface area contributed by atoms with Crippen molar-refractivity contribution in [2.75, 3.05) is 0 Å². The minimum Gasteiger partial charge on any atom is -0.299 e. The summed E-state index contributed by atoms with van der Waals surface area (Å²) in [6, 6.07) is 0. The molecular weight excluding hydrogens is 160 g/mol. The Hall–Kier alpha value is -0.850. The van der Waals surface area contributed by atoms with Crippen molar-refractivity contribution >= 4 is 5.78 Å². The lowest BCUT2D eigenvalue weighted by atomic mass is 9.89. The number of carbonyl (C=O) groups is 1. The van der Waals surface area contributed by atoms with E-state index in [9.17, 15) is 4.79 Å². The standard InChI is InChI=1S/C12H20O/c1-6-10(4)7-8-12(9(2)3)11(5)13/h6,10,12H,1-2,7-8H2,3-5H3. The van der Waals surface area contributed by atoms with Crippen LogP contribution < -0.4 is 0 Å². The van der Waals surface area contributed by atoms with Crippen LogP contribution in [-0.4, -0.2) is 5.78 Å². The molecule has 0 aliphatic heterocycles. The van der Waals surface area contributed by atoms with Gasteiger partial charge in [-0.3, -0.25) is 4.79 Å². The third-order valence-electron chi connectivity index (χ3n) is 2.40. The molecule has 0 aromatic rings. The van der Waals surface area contributed by atoms with Gasteiger partial charge in [-0.05, 0) is 32.6 Å². The largest absolute Gasteiger partial charge is 0.299 e. The molecule has 13 heavy (non-hydrogen) atoms. The van der Waals surface area contributed by atoms with E-state index in [1.165, 1.54) is 0 Å². The van der Waals surface area contributed by atoms with Gasteiger partial charge in [0.05, 0.1) is 0 Å². The van der Waals surface area contributed by atoms with E-state index >= 15 is 0 Å². The molecule has 74 valence electrons. The molecule has 0 aliphatic carbocycles. The fourth-order valence-electron chi connectivity index (χ4n) is 1.34. The Labute approximate surface area is 81.5 Å². The number of allylic oxidation sites excluding steroid dienone is 2. The number of hydrogen-bond donors (Lipinski definition) is 0. The molecule has 1 heteroatoms. The van der Waals surface area contributed by atoms with Crippen molar-refractivity contribution in [1.29, 1.82) is 0 Å². The second kappa shape index (κ2) is 5.74. The molecule has 0 fully saturated rings. The zero-order valence-electron chi connectivity index (χ0n) is 8.97. The maximum absolute atomic E-state index is 11.2. The summed E-state index contributed by atoms with van der Waals surface area (Å²) in [4.78, 5) is 11.2. The molecule has 2 atom stereocenters. The number of ketones is 1. The zero-order chi connectivity index (χ0) is 10.4. The van der Waals surface area contributed by atoms with Gasteiger partial charge in [-0.25, -0.2) is 0 Å². The number of carbonyl (C=O) groups excluding carboxylic acids is 1. The predicted molar refractivity (Wildman–Crippen MR) is 57.6 cm³/mol. The van der Waals surface area contributed by atoms with E-state index in [-0.39, 0.29) is 11.7 Å². The van der Waals surface area contributed by atoms with Gasteiger partial charge in [0, 0.05) is 5.92 Å². The predicted octanol–water partition coefficient (Wildman–Crippen LogP) is 3.37. The van der Waals surface area contributed by atoms with Crippen LogP contribution >= 0.6 is 0 Å². The number of Topliss-reactive ketones (excluding diaryl/α,β-unsaturated/α-hetero) is 1. The smallest absolute Gasteiger partial charge is 0.136 e. The molecule has 0 aliphatic rings. The first-order chi connectivity index (χ1) is 5.99. The van der Waals surface area contributed by atoms with E-state index in [0.29, 0.717) is 5.92 Å². The van der Waals surface area contributed by atoms with Gasteiger partial charge < -0.3 is 0 Å². The topological polar surface area (TPSA) is 17.1 Å². The van der Waals surface area contributed by atoms with E-state index < -0.39 is 0 Å². The van der Waals surface area contributed by atoms with Gasteiger partial charge in [0.2, 0.25) is 0 Å². The highest BCUT2D eigenvalue weighted by atomic mass is 16.1. The van der Waals surface area contributed by atoms with Crippen LogP contribution in [0.5, 0.6) is 0 Å². The van der Waals surface area contributed by atoms with Crippen LogP contribution in [0.3, 0.4) is 0 Å². The van der Waals surface area contributed by atoms with Crippen LogP contribution in [0.1, 0.15) is 33.6 Å². The molecule has 1 nitrogen and oxygen atoms in total. The Morgan fingerprint density at radius 3 is 2.23 bits per heavy atom. The summed E-state index contributed by atoms with van der Waals surface area (Å²) in [5, 5.41) is 0. The fraction of sp³-hybridized carbons (Fsp3) is 0.583. The second-order valence-electron chi connectivity index (χ2n) is 3.80. The Morgan fingerprint density at radius 2 is 1.92 bits per heavy atom. The Balaban J connectivity index is 4.05. The molecule has 0 heterocycles. The summed E-state index contributed by atoms with van der Waals surface area (Å²) in [5.41, 5.74) is 0.976. The van der Waals surface area contributed by atoms with Gasteiger partial charge in [-0.15, -0.1) is 6.58 Å². The molecule has 2 unspecified atom stereocenters. The molecule has 0 bridgehead atoms. The van der Waals surface area contributed by atoms with Crippen LogP contribution in [0.25, 0.3) is 0 Å². The summed E-state index contributed by atoms with van der Waals surface area (Å²) in [7, 11) is 0. The van der Waals surface area contributed by atoms with Gasteiger partial charge in [0.15, 0.2) is 0 Å². The highest BCUT2D eigenvalue weighted by Gasteiger charge is 2.14. The molecule has 0 aromatic carbocycles. The van der Waals surface area contributed by atoms with E-state index in [1.807, 2.05) is 13.0 Å². The van der Waals surface area contributed by atoms with Crippen LogP contribution in [-0.2, 0) is 4.79 Å². The summed E-state index contributed by atoms with van der Waals surface area (Å²) in [5.74, 6) is 0.757. The lowest BCUT2D eigenvalue weighted by molar-refractivity contribution is -0.119. The molecule has 0 amide bonds. The van der Waals surface area contributed by atoms with Crippen molar-refractivity contribution in [3.63, 3.8) is 0 Å². The first kappa shape index (κ1) is 12.2. The van der Waals surface area contributed by atoms with Crippen molar-refractivity contribution < 1.29 is 4.79 Å². The maximum Gasteiger partial charge on any atom is 0.136 e. The molecule has 0 aromatic heterocycles. The molecular formula is C12H20O. The highest BCUT2D eigenvalue weighted by Crippen LogP contribution is 2.19. The molecule has 0 saturated carbocycles. The molecule has 0 saturated heterocycles. The second-order valence-corrected chi connectivity index (χ2v) is 3.80. The van der Waals surface area contributed by atoms with E-state index in [0.717, 1.165) is 18.4 Å². The highest BCUT2D eigenvalue weighted by molar-refractivity contribution is 5.80. The first-order valence-corrected chi connectivity index (χ1v) is 4.77. The van der Waals surface area contributed by atoms with Crippen molar-refractivity contribution in [3.05, 3.63) is 24.8 Å². The third-order valence-corrected chi connectivity index (χ3v) is 2.40. The third kappa shape index (κ3) is 4.66. The van der Waals surface area contributed by atoms with Gasteiger partial charge in [-0.2, -0.15) is 0 Å². The van der Waals surface area contributed by atoms with Gasteiger partial charge in [0.25, 0.3) is 0 Å². The number of hydrogen-bond acceptors (Lipinski definition) is 1. The SMILES string of the molecule is C=CC(C)CCC(C(=C)C)C(C)=O. The first-order valence-electron chi connectivity index (χ1n) is 4.77. The average molecular weight is 180 g/mol. The normalized spacial score (nSPS) is 14.7. The van der Waals surface area contributed by atoms with Crippen molar-refractivity contribution in [1.82, 2.24) is 0 Å². The van der Waals surface area contributed by atoms with Gasteiger partial charge >= 0.3 is 0 Å². The maximum atomic E-state index is 11.2. The lowest BCUT2D eigenvalue weighted by Crippen LogP contribution is -2.12. The lowest BCUT2D eigenvalue weighted by Gasteiger charge is -2.14.